The van der Waals surface area contributed by atoms with Crippen molar-refractivity contribution in [2.75, 3.05) is 0 Å². The van der Waals surface area contributed by atoms with Crippen LogP contribution in [0.1, 0.15) is 57.3 Å². The van der Waals surface area contributed by atoms with Crippen molar-refractivity contribution in [3.05, 3.63) is 142 Å². The third-order valence-electron chi connectivity index (χ3n) is 8.31. The normalized spacial score (nSPS) is 17.1. The van der Waals surface area contributed by atoms with E-state index in [2.05, 4.69) is 12.1 Å². The van der Waals surface area contributed by atoms with Crippen LogP contribution in [0.25, 0.3) is 12.2 Å². The van der Waals surface area contributed by atoms with E-state index < -0.39 is 17.4 Å². The lowest BCUT2D eigenvalue weighted by Crippen LogP contribution is -2.24. The fourth-order valence-corrected chi connectivity index (χ4v) is 6.30. The predicted molar refractivity (Wildman–Crippen MR) is 163 cm³/mol. The van der Waals surface area contributed by atoms with Crippen molar-refractivity contribution in [1.82, 2.24) is 0 Å². The van der Waals surface area contributed by atoms with Crippen molar-refractivity contribution in [2.24, 2.45) is 0 Å². The molecule has 0 unspecified atom stereocenters. The SMILES string of the molecule is Cc1ccc(/C=C/C(=O)Oc2cccc3c2[C@@]2(CC3)CCc3cccc(OC(=O)/C=C/c4ccc(CO)cc4)c32)cc1. The average Bonchev–Trinajstić information content (AvgIpc) is 3.58. The summed E-state index contributed by atoms with van der Waals surface area (Å²) in [6.07, 6.45) is 9.76. The molecule has 1 spiro atoms. The molecule has 210 valence electrons. The molecule has 1 N–H and O–H groups in total. The largest absolute Gasteiger partial charge is 0.423 e. The third kappa shape index (κ3) is 5.44. The zero-order valence-corrected chi connectivity index (χ0v) is 23.5. The highest BCUT2D eigenvalue weighted by molar-refractivity contribution is 5.90. The van der Waals surface area contributed by atoms with Gasteiger partial charge < -0.3 is 14.6 Å². The summed E-state index contributed by atoms with van der Waals surface area (Å²) < 4.78 is 11.9. The van der Waals surface area contributed by atoms with Gasteiger partial charge in [-0.25, -0.2) is 9.59 Å². The molecular weight excluding hydrogens is 524 g/mol. The zero-order valence-electron chi connectivity index (χ0n) is 23.5. The number of hydrogen-bond donors (Lipinski definition) is 1. The Morgan fingerprint density at radius 3 is 1.67 bits per heavy atom. The lowest BCUT2D eigenvalue weighted by atomic mass is 9.76. The van der Waals surface area contributed by atoms with Crippen LogP contribution in [-0.4, -0.2) is 17.0 Å². The van der Waals surface area contributed by atoms with E-state index in [0.29, 0.717) is 11.5 Å². The first kappa shape index (κ1) is 27.4. The lowest BCUT2D eigenvalue weighted by Gasteiger charge is -2.29. The van der Waals surface area contributed by atoms with Crippen molar-refractivity contribution in [2.45, 2.75) is 44.6 Å². The molecule has 0 saturated heterocycles. The number of aliphatic hydroxyl groups is 1. The van der Waals surface area contributed by atoms with Gasteiger partial charge in [0, 0.05) is 28.7 Å². The molecule has 2 aliphatic carbocycles. The Hall–Kier alpha value is -4.74. The summed E-state index contributed by atoms with van der Waals surface area (Å²) >= 11 is 0. The van der Waals surface area contributed by atoms with Gasteiger partial charge in [-0.1, -0.05) is 78.4 Å². The fraction of sp³-hybridized carbons (Fsp3) is 0.189. The first-order chi connectivity index (χ1) is 20.4. The smallest absolute Gasteiger partial charge is 0.336 e. The molecule has 4 aromatic rings. The van der Waals surface area contributed by atoms with E-state index in [0.717, 1.165) is 70.2 Å². The second-order valence-electron chi connectivity index (χ2n) is 11.0. The first-order valence-electron chi connectivity index (χ1n) is 14.3. The van der Waals surface area contributed by atoms with Crippen molar-refractivity contribution >= 4 is 24.1 Å². The van der Waals surface area contributed by atoms with Gasteiger partial charge in [-0.15, -0.1) is 0 Å². The van der Waals surface area contributed by atoms with Crippen LogP contribution in [0.3, 0.4) is 0 Å². The number of fused-ring (bicyclic) bond motifs is 4. The molecule has 5 nitrogen and oxygen atoms in total. The van der Waals surface area contributed by atoms with Gasteiger partial charge in [-0.3, -0.25) is 0 Å². The van der Waals surface area contributed by atoms with Crippen LogP contribution >= 0.6 is 0 Å². The van der Waals surface area contributed by atoms with Crippen LogP contribution in [0, 0.1) is 6.92 Å². The Morgan fingerprint density at radius 2 is 1.19 bits per heavy atom. The minimum absolute atomic E-state index is 0.0267. The molecule has 0 heterocycles. The van der Waals surface area contributed by atoms with Crippen molar-refractivity contribution in [3.8, 4) is 11.5 Å². The molecule has 6 rings (SSSR count). The molecule has 2 aliphatic rings. The highest BCUT2D eigenvalue weighted by Crippen LogP contribution is 2.57. The van der Waals surface area contributed by atoms with Gasteiger partial charge in [-0.2, -0.15) is 0 Å². The van der Waals surface area contributed by atoms with E-state index in [4.69, 9.17) is 9.47 Å². The van der Waals surface area contributed by atoms with Crippen molar-refractivity contribution < 1.29 is 24.2 Å². The van der Waals surface area contributed by atoms with E-state index in [1.165, 1.54) is 12.2 Å². The van der Waals surface area contributed by atoms with E-state index in [1.54, 1.807) is 12.2 Å². The summed E-state index contributed by atoms with van der Waals surface area (Å²) in [6.45, 7) is 2.00. The van der Waals surface area contributed by atoms with Gasteiger partial charge in [0.1, 0.15) is 11.5 Å². The van der Waals surface area contributed by atoms with Crippen LogP contribution in [0.15, 0.2) is 97.1 Å². The number of aryl methyl sites for hydroxylation is 3. The monoisotopic (exact) mass is 556 g/mol. The van der Waals surface area contributed by atoms with Crippen LogP contribution < -0.4 is 9.47 Å². The molecule has 0 saturated carbocycles. The zero-order chi connectivity index (χ0) is 29.1. The Bertz CT molecular complexity index is 1690. The highest BCUT2D eigenvalue weighted by atomic mass is 16.5. The second kappa shape index (κ2) is 11.6. The Balaban J connectivity index is 1.27. The summed E-state index contributed by atoms with van der Waals surface area (Å²) in [5.74, 6) is 0.212. The number of aliphatic hydroxyl groups excluding tert-OH is 1. The van der Waals surface area contributed by atoms with Gasteiger partial charge >= 0.3 is 11.9 Å². The molecule has 0 aliphatic heterocycles. The van der Waals surface area contributed by atoms with Gasteiger partial charge in [0.15, 0.2) is 0 Å². The number of ether oxygens (including phenoxy) is 2. The molecular formula is C37H32O5. The number of rotatable bonds is 7. The number of hydrogen-bond acceptors (Lipinski definition) is 5. The van der Waals surface area contributed by atoms with Gasteiger partial charge in [0.2, 0.25) is 0 Å². The maximum Gasteiger partial charge on any atom is 0.336 e. The topological polar surface area (TPSA) is 72.8 Å². The van der Waals surface area contributed by atoms with Crippen molar-refractivity contribution in [3.63, 3.8) is 0 Å². The maximum atomic E-state index is 13.0. The molecule has 0 fully saturated rings. The summed E-state index contributed by atoms with van der Waals surface area (Å²) in [5.41, 5.74) is 7.67. The van der Waals surface area contributed by atoms with Gasteiger partial charge in [-0.05, 0) is 84.7 Å². The number of esters is 2. The van der Waals surface area contributed by atoms with Crippen LogP contribution in [0.2, 0.25) is 0 Å². The molecule has 0 amide bonds. The Labute approximate surface area is 245 Å². The molecule has 5 heteroatoms. The Kier molecular flexibility index (Phi) is 7.60. The van der Waals surface area contributed by atoms with Crippen LogP contribution in [0.5, 0.6) is 11.5 Å². The fourth-order valence-electron chi connectivity index (χ4n) is 6.30. The van der Waals surface area contributed by atoms with Crippen LogP contribution in [0.4, 0.5) is 0 Å². The summed E-state index contributed by atoms with van der Waals surface area (Å²) in [6, 6.07) is 27.0. The minimum atomic E-state index is -0.462. The number of benzene rings is 4. The van der Waals surface area contributed by atoms with E-state index in [1.807, 2.05) is 79.7 Å². The summed E-state index contributed by atoms with van der Waals surface area (Å²) in [5, 5.41) is 9.25. The predicted octanol–water partition coefficient (Wildman–Crippen LogP) is 6.90. The summed E-state index contributed by atoms with van der Waals surface area (Å²) in [4.78, 5) is 25.9. The molecule has 0 bridgehead atoms. The van der Waals surface area contributed by atoms with E-state index >= 15 is 0 Å². The van der Waals surface area contributed by atoms with Crippen LogP contribution in [-0.2, 0) is 34.5 Å². The molecule has 1 atom stereocenters. The first-order valence-corrected chi connectivity index (χ1v) is 14.3. The highest BCUT2D eigenvalue weighted by Gasteiger charge is 2.48. The molecule has 0 radical (unpaired) electrons. The maximum absolute atomic E-state index is 13.0. The van der Waals surface area contributed by atoms with E-state index in [-0.39, 0.29) is 6.61 Å². The standard InChI is InChI=1S/C37H32O5/c1-25-8-10-26(11-9-25)16-18-33(39)41-31-6-2-4-29-20-22-37(35(29)31)23-21-30-5-3-7-32(36(30)37)42-34(40)19-17-27-12-14-28(24-38)15-13-27/h2-19,38H,20-24H2,1H3/b18-16+,19-17+/t37-/m1/s1. The van der Waals surface area contributed by atoms with Crippen molar-refractivity contribution in [1.29, 1.82) is 0 Å². The number of carbonyl (C=O) groups excluding carboxylic acids is 2. The number of carbonyl (C=O) groups is 2. The minimum Gasteiger partial charge on any atom is -0.423 e. The molecule has 4 aromatic carbocycles. The summed E-state index contributed by atoms with van der Waals surface area (Å²) in [7, 11) is 0. The van der Waals surface area contributed by atoms with Gasteiger partial charge in [0.05, 0.1) is 6.61 Å². The second-order valence-corrected chi connectivity index (χ2v) is 11.0. The molecule has 0 aromatic heterocycles. The van der Waals surface area contributed by atoms with Gasteiger partial charge in [0.25, 0.3) is 0 Å². The van der Waals surface area contributed by atoms with E-state index in [9.17, 15) is 14.7 Å². The Morgan fingerprint density at radius 1 is 0.714 bits per heavy atom. The quantitative estimate of drug-likeness (QED) is 0.152. The lowest BCUT2D eigenvalue weighted by molar-refractivity contribution is -0.129. The average molecular weight is 557 g/mol. The molecule has 42 heavy (non-hydrogen) atoms. The third-order valence-corrected chi connectivity index (χ3v) is 8.31.